The van der Waals surface area contributed by atoms with Crippen LogP contribution in [0, 0.1) is 0 Å². The molecule has 0 aliphatic rings. The minimum absolute atomic E-state index is 0.00344. The fourth-order valence-electron chi connectivity index (χ4n) is 5.50. The number of pyridine rings is 1. The van der Waals surface area contributed by atoms with Gasteiger partial charge in [0.2, 0.25) is 5.69 Å². The third kappa shape index (κ3) is 12.9. The van der Waals surface area contributed by atoms with Gasteiger partial charge in [0.05, 0.1) is 13.7 Å². The van der Waals surface area contributed by atoms with Gasteiger partial charge in [-0.15, -0.1) is 0 Å². The SMILES string of the molecule is CCCCCCCCCCCCCCOc1ccc(COC(=O)N(Cc2cccc[n+]2CCC)C(=O)c2ccccc2)cc1OC. The number of amides is 2. The van der Waals surface area contributed by atoms with E-state index in [0.29, 0.717) is 23.7 Å². The zero-order valence-electron chi connectivity index (χ0n) is 28.4. The quantitative estimate of drug-likeness (QED) is 0.0816. The molecule has 7 nitrogen and oxygen atoms in total. The highest BCUT2D eigenvalue weighted by atomic mass is 16.6. The molecule has 0 fully saturated rings. The van der Waals surface area contributed by atoms with Crippen LogP contribution in [0.4, 0.5) is 4.79 Å². The molecule has 2 aromatic carbocycles. The molecule has 1 aromatic heterocycles. The van der Waals surface area contributed by atoms with Crippen molar-refractivity contribution in [2.45, 2.75) is 117 Å². The molecule has 3 rings (SSSR count). The van der Waals surface area contributed by atoms with Crippen molar-refractivity contribution in [1.82, 2.24) is 4.90 Å². The molecule has 0 saturated carbocycles. The van der Waals surface area contributed by atoms with Crippen molar-refractivity contribution in [2.75, 3.05) is 13.7 Å². The number of carbonyl (C=O) groups excluding carboxylic acids is 2. The molecule has 0 N–H and O–H groups in total. The topological polar surface area (TPSA) is 69.0 Å². The summed E-state index contributed by atoms with van der Waals surface area (Å²) in [6.07, 6.45) is 17.8. The minimum Gasteiger partial charge on any atom is -0.493 e. The Morgan fingerprint density at radius 3 is 2.02 bits per heavy atom. The largest absolute Gasteiger partial charge is 0.493 e. The maximum absolute atomic E-state index is 13.5. The van der Waals surface area contributed by atoms with E-state index in [4.69, 9.17) is 14.2 Å². The molecule has 3 aromatic rings. The van der Waals surface area contributed by atoms with E-state index in [-0.39, 0.29) is 13.2 Å². The molecule has 0 spiro atoms. The zero-order valence-corrected chi connectivity index (χ0v) is 28.4. The minimum atomic E-state index is -0.702. The molecule has 7 heteroatoms. The van der Waals surface area contributed by atoms with Crippen molar-refractivity contribution in [1.29, 1.82) is 0 Å². The first-order valence-electron chi connectivity index (χ1n) is 17.4. The lowest BCUT2D eigenvalue weighted by Crippen LogP contribution is -2.44. The van der Waals surface area contributed by atoms with Gasteiger partial charge in [-0.3, -0.25) is 4.79 Å². The van der Waals surface area contributed by atoms with Crippen LogP contribution in [0.3, 0.4) is 0 Å². The van der Waals surface area contributed by atoms with Gasteiger partial charge in [-0.1, -0.05) is 115 Å². The van der Waals surface area contributed by atoms with Crippen molar-refractivity contribution in [2.24, 2.45) is 0 Å². The van der Waals surface area contributed by atoms with Gasteiger partial charge < -0.3 is 14.2 Å². The van der Waals surface area contributed by atoms with Gasteiger partial charge in [-0.25, -0.2) is 14.3 Å². The first-order valence-corrected chi connectivity index (χ1v) is 17.4. The Morgan fingerprint density at radius 1 is 0.717 bits per heavy atom. The molecule has 0 atom stereocenters. The number of methoxy groups -OCH3 is 1. The Hall–Kier alpha value is -3.87. The van der Waals surface area contributed by atoms with Crippen LogP contribution in [0.5, 0.6) is 11.5 Å². The van der Waals surface area contributed by atoms with Crippen LogP contribution in [-0.2, 0) is 24.4 Å². The first kappa shape index (κ1) is 36.6. The van der Waals surface area contributed by atoms with Gasteiger partial charge in [0.1, 0.15) is 19.7 Å². The molecule has 0 aliphatic carbocycles. The molecule has 0 radical (unpaired) electrons. The van der Waals surface area contributed by atoms with Gasteiger partial charge in [0, 0.05) is 24.1 Å². The molecule has 250 valence electrons. The molecule has 46 heavy (non-hydrogen) atoms. The van der Waals surface area contributed by atoms with Crippen LogP contribution in [0.25, 0.3) is 0 Å². The van der Waals surface area contributed by atoms with Gasteiger partial charge in [0.25, 0.3) is 5.91 Å². The number of hydrogen-bond donors (Lipinski definition) is 0. The predicted octanol–water partition coefficient (Wildman–Crippen LogP) is 9.45. The highest BCUT2D eigenvalue weighted by Gasteiger charge is 2.28. The van der Waals surface area contributed by atoms with E-state index in [9.17, 15) is 9.59 Å². The predicted molar refractivity (Wildman–Crippen MR) is 183 cm³/mol. The maximum Gasteiger partial charge on any atom is 0.417 e. The summed E-state index contributed by atoms with van der Waals surface area (Å²) in [4.78, 5) is 28.0. The molecule has 0 bridgehead atoms. The van der Waals surface area contributed by atoms with Crippen molar-refractivity contribution in [3.05, 3.63) is 89.7 Å². The number of hydrogen-bond acceptors (Lipinski definition) is 5. The van der Waals surface area contributed by atoms with Crippen LogP contribution in [0.15, 0.2) is 72.9 Å². The second-order valence-corrected chi connectivity index (χ2v) is 11.9. The number of aromatic nitrogens is 1. The van der Waals surface area contributed by atoms with E-state index >= 15 is 0 Å². The van der Waals surface area contributed by atoms with E-state index < -0.39 is 12.0 Å². The monoisotopic (exact) mass is 631 g/mol. The zero-order chi connectivity index (χ0) is 32.8. The maximum atomic E-state index is 13.5. The third-order valence-corrected chi connectivity index (χ3v) is 8.15. The first-order chi connectivity index (χ1) is 22.6. The molecule has 0 unspecified atom stereocenters. The average molecular weight is 632 g/mol. The summed E-state index contributed by atoms with van der Waals surface area (Å²) >= 11 is 0. The molecular formula is C39H55N2O5+. The average Bonchev–Trinajstić information content (AvgIpc) is 3.09. The van der Waals surface area contributed by atoms with E-state index in [0.717, 1.165) is 37.1 Å². The van der Waals surface area contributed by atoms with Crippen molar-refractivity contribution in [3.8, 4) is 11.5 Å². The molecule has 0 aliphatic heterocycles. The Kier molecular flexibility index (Phi) is 17.3. The lowest BCUT2D eigenvalue weighted by Gasteiger charge is -2.20. The number of carbonyl (C=O) groups is 2. The Labute approximate surface area is 276 Å². The Morgan fingerprint density at radius 2 is 1.37 bits per heavy atom. The summed E-state index contributed by atoms with van der Waals surface area (Å²) in [5.41, 5.74) is 2.02. The highest BCUT2D eigenvalue weighted by Crippen LogP contribution is 2.29. The summed E-state index contributed by atoms with van der Waals surface area (Å²) < 4.78 is 19.4. The van der Waals surface area contributed by atoms with Crippen LogP contribution in [0.2, 0.25) is 0 Å². The van der Waals surface area contributed by atoms with Crippen molar-refractivity contribution >= 4 is 12.0 Å². The van der Waals surface area contributed by atoms with E-state index in [1.54, 1.807) is 31.4 Å². The number of benzene rings is 2. The Bertz CT molecular complexity index is 1300. The number of rotatable bonds is 22. The second kappa shape index (κ2) is 21.8. The lowest BCUT2D eigenvalue weighted by molar-refractivity contribution is -0.704. The number of ether oxygens (including phenoxy) is 3. The number of unbranched alkanes of at least 4 members (excludes halogenated alkanes) is 11. The van der Waals surface area contributed by atoms with Crippen molar-refractivity contribution in [3.63, 3.8) is 0 Å². The second-order valence-electron chi connectivity index (χ2n) is 11.9. The van der Waals surface area contributed by atoms with E-state index in [2.05, 4.69) is 18.4 Å². The van der Waals surface area contributed by atoms with E-state index in [1.165, 1.54) is 69.1 Å². The van der Waals surface area contributed by atoms with E-state index in [1.807, 2.05) is 48.7 Å². The lowest BCUT2D eigenvalue weighted by atomic mass is 10.1. The van der Waals surface area contributed by atoms with Crippen molar-refractivity contribution < 1.29 is 28.4 Å². The van der Waals surface area contributed by atoms with Crippen LogP contribution in [0.1, 0.15) is 119 Å². The Balaban J connectivity index is 1.49. The fraction of sp³-hybridized carbons (Fsp3) is 0.513. The third-order valence-electron chi connectivity index (χ3n) is 8.15. The smallest absolute Gasteiger partial charge is 0.417 e. The van der Waals surface area contributed by atoms with Gasteiger partial charge in [-0.05, 0) is 36.2 Å². The fourth-order valence-corrected chi connectivity index (χ4v) is 5.50. The molecule has 0 saturated heterocycles. The number of nitrogens with zero attached hydrogens (tertiary/aromatic N) is 2. The van der Waals surface area contributed by atoms with Gasteiger partial charge in [-0.2, -0.15) is 0 Å². The van der Waals surface area contributed by atoms with Gasteiger partial charge in [0.15, 0.2) is 17.7 Å². The van der Waals surface area contributed by atoms with Crippen LogP contribution >= 0.6 is 0 Å². The molecular weight excluding hydrogens is 576 g/mol. The van der Waals surface area contributed by atoms with Gasteiger partial charge >= 0.3 is 6.09 Å². The summed E-state index contributed by atoms with van der Waals surface area (Å²) in [5.74, 6) is 0.859. The highest BCUT2D eigenvalue weighted by molar-refractivity contribution is 6.02. The van der Waals surface area contributed by atoms with Crippen LogP contribution < -0.4 is 14.0 Å². The summed E-state index contributed by atoms with van der Waals surface area (Å²) in [7, 11) is 1.60. The summed E-state index contributed by atoms with van der Waals surface area (Å²) in [6, 6.07) is 20.1. The summed E-state index contributed by atoms with van der Waals surface area (Å²) in [6.45, 7) is 5.87. The number of imide groups is 1. The molecule has 1 heterocycles. The van der Waals surface area contributed by atoms with Crippen LogP contribution in [-0.4, -0.2) is 30.6 Å². The normalized spacial score (nSPS) is 10.8. The standard InChI is InChI=1S/C39H55N2O5/c1-4-6-7-8-9-10-11-12-13-14-15-21-29-45-36-26-25-33(30-37(36)44-3)32-46-39(43)41(38(42)34-22-17-16-18-23-34)31-35-24-19-20-28-40(35)27-5-2/h16-20,22-26,28,30H,4-15,21,27,29,31-32H2,1-3H3/q+1. The number of aryl methyl sites for hydroxylation is 1. The molecule has 2 amide bonds. The summed E-state index contributed by atoms with van der Waals surface area (Å²) in [5, 5.41) is 0.